The van der Waals surface area contributed by atoms with Crippen molar-refractivity contribution in [1.29, 1.82) is 0 Å². The summed E-state index contributed by atoms with van der Waals surface area (Å²) in [5, 5.41) is 3.12. The molecule has 0 amide bonds. The van der Waals surface area contributed by atoms with Crippen LogP contribution in [-0.4, -0.2) is 13.5 Å². The molecule has 0 spiro atoms. The number of fused-ring (bicyclic) bond motifs is 1. The van der Waals surface area contributed by atoms with E-state index in [0.717, 1.165) is 17.7 Å². The number of benzene rings is 1. The molecule has 2 rings (SSSR count). The summed E-state index contributed by atoms with van der Waals surface area (Å²) in [5.74, 6) is 0. The van der Waals surface area contributed by atoms with Gasteiger partial charge in [-0.25, -0.2) is 0 Å². The quantitative estimate of drug-likeness (QED) is 0.581. The maximum atomic E-state index is 12.4. The summed E-state index contributed by atoms with van der Waals surface area (Å²) in [6.07, 6.45) is 0.690. The predicted octanol–water partition coefficient (Wildman–Crippen LogP) is -1.61. The van der Waals surface area contributed by atoms with E-state index in [4.69, 9.17) is 0 Å². The summed E-state index contributed by atoms with van der Waals surface area (Å²) < 4.78 is 37.2. The Morgan fingerprint density at radius 3 is 2.53 bits per heavy atom. The van der Waals surface area contributed by atoms with Crippen molar-refractivity contribution in [2.24, 2.45) is 0 Å². The van der Waals surface area contributed by atoms with Gasteiger partial charge in [-0.15, -0.1) is 5.46 Å². The third kappa shape index (κ3) is 3.31. The van der Waals surface area contributed by atoms with Crippen LogP contribution in [0.3, 0.4) is 0 Å². The fourth-order valence-electron chi connectivity index (χ4n) is 1.70. The molecule has 1 aromatic rings. The van der Waals surface area contributed by atoms with Crippen LogP contribution in [0.1, 0.15) is 11.1 Å². The molecule has 1 heterocycles. The zero-order valence-corrected chi connectivity index (χ0v) is 11.7. The van der Waals surface area contributed by atoms with Gasteiger partial charge < -0.3 is 18.3 Å². The molecule has 0 atom stereocenters. The number of hydrogen-bond donors (Lipinski definition) is 1. The molecule has 0 fully saturated rings. The SMILES string of the molecule is F[B-](F)(F)c1ccc2c(c1)CCNC2.[K+]. The van der Waals surface area contributed by atoms with E-state index in [2.05, 4.69) is 5.32 Å². The van der Waals surface area contributed by atoms with Crippen molar-refractivity contribution in [2.45, 2.75) is 13.0 Å². The van der Waals surface area contributed by atoms with Crippen LogP contribution in [0.4, 0.5) is 12.9 Å². The van der Waals surface area contributed by atoms with Gasteiger partial charge in [0.15, 0.2) is 0 Å². The Morgan fingerprint density at radius 2 is 1.87 bits per heavy atom. The monoisotopic (exact) mass is 239 g/mol. The van der Waals surface area contributed by atoms with E-state index in [0.29, 0.717) is 13.0 Å². The first-order valence-electron chi connectivity index (χ1n) is 4.60. The molecule has 76 valence electrons. The van der Waals surface area contributed by atoms with Gasteiger partial charge in [0.05, 0.1) is 0 Å². The number of hydrogen-bond acceptors (Lipinski definition) is 1. The molecule has 1 aromatic carbocycles. The molecular weight excluding hydrogens is 229 g/mol. The zero-order chi connectivity index (χ0) is 10.2. The van der Waals surface area contributed by atoms with E-state index in [9.17, 15) is 12.9 Å². The van der Waals surface area contributed by atoms with Gasteiger partial charge in [0.1, 0.15) is 0 Å². The molecule has 1 aliphatic rings. The molecule has 0 aromatic heterocycles. The largest absolute Gasteiger partial charge is 1.00 e. The van der Waals surface area contributed by atoms with Crippen LogP contribution in [0, 0.1) is 0 Å². The second-order valence-corrected chi connectivity index (χ2v) is 3.53. The number of nitrogens with one attached hydrogen (secondary N) is 1. The van der Waals surface area contributed by atoms with Crippen LogP contribution >= 0.6 is 0 Å². The first-order valence-corrected chi connectivity index (χ1v) is 4.60. The van der Waals surface area contributed by atoms with Crippen molar-refractivity contribution in [3.05, 3.63) is 29.3 Å². The zero-order valence-electron chi connectivity index (χ0n) is 8.56. The standard InChI is InChI=1S/C9H10BF3N.K/c11-10(12,13)9-2-1-8-6-14-4-3-7(8)5-9;/h1-2,5,14H,3-4,6H2;/q-1;+1. The minimum Gasteiger partial charge on any atom is -0.445 e. The molecule has 0 radical (unpaired) electrons. The van der Waals surface area contributed by atoms with E-state index in [1.165, 1.54) is 12.1 Å². The second-order valence-electron chi connectivity index (χ2n) is 3.53. The molecule has 1 N–H and O–H groups in total. The smallest absolute Gasteiger partial charge is 0.445 e. The van der Waals surface area contributed by atoms with E-state index in [-0.39, 0.29) is 51.4 Å². The average Bonchev–Trinajstić information content (AvgIpc) is 2.16. The number of halogens is 3. The van der Waals surface area contributed by atoms with Crippen molar-refractivity contribution < 1.29 is 64.3 Å². The van der Waals surface area contributed by atoms with Crippen LogP contribution in [-0.2, 0) is 13.0 Å². The van der Waals surface area contributed by atoms with Gasteiger partial charge in [-0.3, -0.25) is 0 Å². The summed E-state index contributed by atoms with van der Waals surface area (Å²) >= 11 is 0. The van der Waals surface area contributed by atoms with Crippen molar-refractivity contribution in [3.63, 3.8) is 0 Å². The van der Waals surface area contributed by atoms with Gasteiger partial charge in [0.2, 0.25) is 0 Å². The van der Waals surface area contributed by atoms with Crippen molar-refractivity contribution in [2.75, 3.05) is 6.54 Å². The summed E-state index contributed by atoms with van der Waals surface area (Å²) in [5.41, 5.74) is 1.34. The van der Waals surface area contributed by atoms with Crippen molar-refractivity contribution >= 4 is 12.4 Å². The summed E-state index contributed by atoms with van der Waals surface area (Å²) in [7, 11) is 0. The third-order valence-electron chi connectivity index (χ3n) is 2.49. The van der Waals surface area contributed by atoms with Crippen molar-refractivity contribution in [3.8, 4) is 0 Å². The van der Waals surface area contributed by atoms with Crippen LogP contribution in [0.25, 0.3) is 0 Å². The molecule has 0 bridgehead atoms. The van der Waals surface area contributed by atoms with Crippen LogP contribution in [0.5, 0.6) is 0 Å². The maximum Gasteiger partial charge on any atom is 1.00 e. The van der Waals surface area contributed by atoms with Crippen LogP contribution in [0.2, 0.25) is 0 Å². The minimum absolute atomic E-state index is 0. The summed E-state index contributed by atoms with van der Waals surface area (Å²) in [4.78, 5) is 0. The van der Waals surface area contributed by atoms with E-state index in [1.807, 2.05) is 0 Å². The normalized spacial score (nSPS) is 15.4. The van der Waals surface area contributed by atoms with Gasteiger partial charge >= 0.3 is 58.4 Å². The third-order valence-corrected chi connectivity index (χ3v) is 2.49. The maximum absolute atomic E-state index is 12.4. The Balaban J connectivity index is 0.00000112. The number of rotatable bonds is 1. The summed E-state index contributed by atoms with van der Waals surface area (Å²) in [6, 6.07) is 4.04. The molecule has 0 saturated heterocycles. The Kier molecular flexibility index (Phi) is 4.89. The van der Waals surface area contributed by atoms with Gasteiger partial charge in [-0.1, -0.05) is 18.2 Å². The second kappa shape index (κ2) is 5.34. The van der Waals surface area contributed by atoms with E-state index >= 15 is 0 Å². The molecule has 6 heteroatoms. The molecule has 15 heavy (non-hydrogen) atoms. The first-order chi connectivity index (χ1) is 6.57. The topological polar surface area (TPSA) is 12.0 Å². The van der Waals surface area contributed by atoms with Gasteiger partial charge in [0, 0.05) is 6.54 Å². The van der Waals surface area contributed by atoms with Gasteiger partial charge in [0.25, 0.3) is 0 Å². The molecule has 0 unspecified atom stereocenters. The Morgan fingerprint density at radius 1 is 1.13 bits per heavy atom. The van der Waals surface area contributed by atoms with E-state index in [1.54, 1.807) is 6.07 Å². The van der Waals surface area contributed by atoms with E-state index < -0.39 is 12.4 Å². The molecule has 0 saturated carbocycles. The average molecular weight is 239 g/mol. The van der Waals surface area contributed by atoms with Gasteiger partial charge in [-0.05, 0) is 24.1 Å². The van der Waals surface area contributed by atoms with Gasteiger partial charge in [-0.2, -0.15) is 0 Å². The predicted molar refractivity (Wildman–Crippen MR) is 50.6 cm³/mol. The Bertz CT molecular complexity index is 354. The van der Waals surface area contributed by atoms with Crippen LogP contribution < -0.4 is 62.2 Å². The fourth-order valence-corrected chi connectivity index (χ4v) is 1.70. The van der Waals surface area contributed by atoms with Crippen molar-refractivity contribution in [1.82, 2.24) is 5.32 Å². The molecular formula is C9H10BF3KN. The molecule has 0 aliphatic carbocycles. The summed E-state index contributed by atoms with van der Waals surface area (Å²) in [6.45, 7) is -3.40. The first kappa shape index (κ1) is 13.7. The Hall–Kier alpha value is 0.671. The van der Waals surface area contributed by atoms with Crippen LogP contribution in [0.15, 0.2) is 18.2 Å². The fraction of sp³-hybridized carbons (Fsp3) is 0.333. The minimum atomic E-state index is -4.85. The molecule has 1 nitrogen and oxygen atoms in total. The molecule has 1 aliphatic heterocycles. The Labute approximate surface area is 129 Å².